The first kappa shape index (κ1) is 11.8. The number of aliphatic carboxylic acids is 1. The lowest BCUT2D eigenvalue weighted by molar-refractivity contribution is -0.147. The molecule has 7 nitrogen and oxygen atoms in total. The molecule has 0 atom stereocenters. The van der Waals surface area contributed by atoms with E-state index in [4.69, 9.17) is 5.11 Å². The number of carbonyl (C=O) groups is 4. The van der Waals surface area contributed by atoms with Gasteiger partial charge in [-0.25, -0.2) is 4.79 Å². The van der Waals surface area contributed by atoms with Crippen LogP contribution in [0.3, 0.4) is 0 Å². The first-order valence-electron chi connectivity index (χ1n) is 4.92. The standard InChI is InChI=1S/C11H8N2O5/c1-13-9(15)6-3-2-5(4-7(6)10(13)16)12-8(14)11(17)18/h2-4H,1H3,(H,12,14)(H,17,18). The van der Waals surface area contributed by atoms with Crippen molar-refractivity contribution >= 4 is 29.4 Å². The van der Waals surface area contributed by atoms with Crippen LogP contribution in [-0.4, -0.2) is 40.7 Å². The molecule has 0 bridgehead atoms. The van der Waals surface area contributed by atoms with Crippen molar-refractivity contribution in [1.82, 2.24) is 4.90 Å². The quantitative estimate of drug-likeness (QED) is 0.535. The summed E-state index contributed by atoms with van der Waals surface area (Å²) in [7, 11) is 1.35. The second-order valence-corrected chi connectivity index (χ2v) is 3.69. The highest BCUT2D eigenvalue weighted by atomic mass is 16.4. The van der Waals surface area contributed by atoms with Gasteiger partial charge in [0.2, 0.25) is 0 Å². The van der Waals surface area contributed by atoms with Gasteiger partial charge < -0.3 is 10.4 Å². The van der Waals surface area contributed by atoms with Crippen LogP contribution in [0.2, 0.25) is 0 Å². The first-order valence-corrected chi connectivity index (χ1v) is 4.92. The molecule has 1 aliphatic rings. The molecule has 3 amide bonds. The Morgan fingerprint density at radius 2 is 1.78 bits per heavy atom. The molecular formula is C11H8N2O5. The van der Waals surface area contributed by atoms with Gasteiger partial charge in [-0.05, 0) is 18.2 Å². The van der Waals surface area contributed by atoms with Crippen molar-refractivity contribution in [2.24, 2.45) is 0 Å². The molecule has 0 unspecified atom stereocenters. The van der Waals surface area contributed by atoms with Crippen molar-refractivity contribution in [2.45, 2.75) is 0 Å². The van der Waals surface area contributed by atoms with Crippen LogP contribution in [0.1, 0.15) is 20.7 Å². The van der Waals surface area contributed by atoms with E-state index in [9.17, 15) is 19.2 Å². The van der Waals surface area contributed by atoms with Gasteiger partial charge in [0.05, 0.1) is 11.1 Å². The molecule has 0 fully saturated rings. The highest BCUT2D eigenvalue weighted by Gasteiger charge is 2.32. The number of carbonyl (C=O) groups excluding carboxylic acids is 3. The number of hydrogen-bond donors (Lipinski definition) is 2. The number of hydrogen-bond acceptors (Lipinski definition) is 4. The Hall–Kier alpha value is -2.70. The minimum atomic E-state index is -1.63. The van der Waals surface area contributed by atoms with E-state index in [0.717, 1.165) is 4.90 Å². The average Bonchev–Trinajstić information content (AvgIpc) is 2.54. The van der Waals surface area contributed by atoms with Crippen LogP contribution >= 0.6 is 0 Å². The number of imide groups is 1. The van der Waals surface area contributed by atoms with Gasteiger partial charge in [-0.3, -0.25) is 19.3 Å². The number of carboxylic acids is 1. The molecule has 0 aromatic heterocycles. The van der Waals surface area contributed by atoms with Crippen molar-refractivity contribution < 1.29 is 24.3 Å². The number of fused-ring (bicyclic) bond motifs is 1. The number of carboxylic acid groups (broad SMARTS) is 1. The predicted octanol–water partition coefficient (Wildman–Crippen LogP) is -0.0645. The van der Waals surface area contributed by atoms with Crippen molar-refractivity contribution in [3.8, 4) is 0 Å². The molecular weight excluding hydrogens is 240 g/mol. The summed E-state index contributed by atoms with van der Waals surface area (Å²) in [6.45, 7) is 0. The minimum Gasteiger partial charge on any atom is -0.474 e. The summed E-state index contributed by atoms with van der Waals surface area (Å²) < 4.78 is 0. The van der Waals surface area contributed by atoms with Gasteiger partial charge in [-0.2, -0.15) is 0 Å². The van der Waals surface area contributed by atoms with Crippen LogP contribution in [0.25, 0.3) is 0 Å². The lowest BCUT2D eigenvalue weighted by Gasteiger charge is -2.03. The van der Waals surface area contributed by atoms with E-state index in [-0.39, 0.29) is 16.8 Å². The second-order valence-electron chi connectivity index (χ2n) is 3.69. The molecule has 1 aromatic rings. The van der Waals surface area contributed by atoms with Crippen molar-refractivity contribution in [1.29, 1.82) is 0 Å². The fraction of sp³-hybridized carbons (Fsp3) is 0.0909. The van der Waals surface area contributed by atoms with E-state index < -0.39 is 23.7 Å². The van der Waals surface area contributed by atoms with Gasteiger partial charge in [-0.15, -0.1) is 0 Å². The molecule has 1 aromatic carbocycles. The van der Waals surface area contributed by atoms with Crippen LogP contribution in [0.15, 0.2) is 18.2 Å². The van der Waals surface area contributed by atoms with E-state index in [1.807, 2.05) is 0 Å². The summed E-state index contributed by atoms with van der Waals surface area (Å²) in [5.41, 5.74) is 0.527. The Kier molecular flexibility index (Phi) is 2.59. The highest BCUT2D eigenvalue weighted by molar-refractivity contribution is 6.36. The number of anilines is 1. The topological polar surface area (TPSA) is 104 Å². The summed E-state index contributed by atoms with van der Waals surface area (Å²) in [6.07, 6.45) is 0. The van der Waals surface area contributed by atoms with Gasteiger partial charge in [0.1, 0.15) is 0 Å². The van der Waals surface area contributed by atoms with Gasteiger partial charge in [0, 0.05) is 12.7 Å². The summed E-state index contributed by atoms with van der Waals surface area (Å²) in [5.74, 6) is -3.75. The molecule has 0 spiro atoms. The molecule has 7 heteroatoms. The summed E-state index contributed by atoms with van der Waals surface area (Å²) in [6, 6.07) is 4.01. The van der Waals surface area contributed by atoms with Gasteiger partial charge in [0.25, 0.3) is 11.8 Å². The molecule has 0 saturated carbocycles. The van der Waals surface area contributed by atoms with Gasteiger partial charge in [-0.1, -0.05) is 0 Å². The van der Waals surface area contributed by atoms with Crippen LogP contribution in [0.4, 0.5) is 5.69 Å². The average molecular weight is 248 g/mol. The number of benzene rings is 1. The van der Waals surface area contributed by atoms with Crippen molar-refractivity contribution in [2.75, 3.05) is 12.4 Å². The van der Waals surface area contributed by atoms with E-state index in [1.54, 1.807) is 0 Å². The number of nitrogens with one attached hydrogen (secondary N) is 1. The fourth-order valence-electron chi connectivity index (χ4n) is 1.62. The maximum atomic E-state index is 11.7. The molecule has 1 aliphatic heterocycles. The van der Waals surface area contributed by atoms with Gasteiger partial charge in [0.15, 0.2) is 0 Å². The zero-order chi connectivity index (χ0) is 13.4. The van der Waals surface area contributed by atoms with Crippen LogP contribution in [0, 0.1) is 0 Å². The fourth-order valence-corrected chi connectivity index (χ4v) is 1.62. The number of amides is 3. The molecule has 0 saturated heterocycles. The first-order chi connectivity index (χ1) is 8.41. The molecule has 2 rings (SSSR count). The maximum absolute atomic E-state index is 11.7. The summed E-state index contributed by atoms with van der Waals surface area (Å²) in [4.78, 5) is 45.5. The van der Waals surface area contributed by atoms with Crippen LogP contribution in [-0.2, 0) is 9.59 Å². The SMILES string of the molecule is CN1C(=O)c2ccc(NC(=O)C(=O)O)cc2C1=O. The Balaban J connectivity index is 2.35. The van der Waals surface area contributed by atoms with Gasteiger partial charge >= 0.3 is 11.9 Å². The molecule has 18 heavy (non-hydrogen) atoms. The third-order valence-electron chi connectivity index (χ3n) is 2.54. The van der Waals surface area contributed by atoms with Crippen molar-refractivity contribution in [3.05, 3.63) is 29.3 Å². The smallest absolute Gasteiger partial charge is 0.394 e. The Morgan fingerprint density at radius 3 is 2.39 bits per heavy atom. The Morgan fingerprint density at radius 1 is 1.17 bits per heavy atom. The molecule has 2 N–H and O–H groups in total. The second kappa shape index (κ2) is 3.95. The van der Waals surface area contributed by atoms with Crippen LogP contribution in [0.5, 0.6) is 0 Å². The molecule has 92 valence electrons. The monoisotopic (exact) mass is 248 g/mol. The lowest BCUT2D eigenvalue weighted by Crippen LogP contribution is -2.24. The van der Waals surface area contributed by atoms with E-state index in [1.165, 1.54) is 25.2 Å². The Bertz CT molecular complexity index is 593. The minimum absolute atomic E-state index is 0.144. The van der Waals surface area contributed by atoms with Crippen molar-refractivity contribution in [3.63, 3.8) is 0 Å². The third-order valence-corrected chi connectivity index (χ3v) is 2.54. The third kappa shape index (κ3) is 1.71. The zero-order valence-electron chi connectivity index (χ0n) is 9.26. The zero-order valence-corrected chi connectivity index (χ0v) is 9.26. The number of nitrogens with zero attached hydrogens (tertiary/aromatic N) is 1. The lowest BCUT2D eigenvalue weighted by atomic mass is 10.1. The maximum Gasteiger partial charge on any atom is 0.394 e. The summed E-state index contributed by atoms with van der Waals surface area (Å²) in [5, 5.41) is 10.5. The predicted molar refractivity (Wildman–Crippen MR) is 59.1 cm³/mol. The largest absolute Gasteiger partial charge is 0.474 e. The van der Waals surface area contributed by atoms with Crippen LogP contribution < -0.4 is 5.32 Å². The molecule has 0 radical (unpaired) electrons. The van der Waals surface area contributed by atoms with E-state index in [0.29, 0.717) is 0 Å². The highest BCUT2D eigenvalue weighted by Crippen LogP contribution is 2.24. The Labute approximate surface area is 101 Å². The molecule has 1 heterocycles. The number of rotatable bonds is 1. The van der Waals surface area contributed by atoms with E-state index >= 15 is 0 Å². The summed E-state index contributed by atoms with van der Waals surface area (Å²) >= 11 is 0. The normalized spacial score (nSPS) is 13.5. The van der Waals surface area contributed by atoms with E-state index in [2.05, 4.69) is 5.32 Å². The molecule has 0 aliphatic carbocycles.